The largest absolute Gasteiger partial charge is 0.326 e. The molecule has 4 N–H and O–H groups in total. The summed E-state index contributed by atoms with van der Waals surface area (Å²) in [5.74, 6) is 0.0275. The quantitative estimate of drug-likeness (QED) is 0.559. The van der Waals surface area contributed by atoms with Crippen LogP contribution in [0.2, 0.25) is 0 Å². The monoisotopic (exact) mass is 193 g/mol. The predicted molar refractivity (Wildman–Crippen MR) is 47.0 cm³/mol. The van der Waals surface area contributed by atoms with Crippen LogP contribution in [0.25, 0.3) is 0 Å². The van der Waals surface area contributed by atoms with E-state index in [9.17, 15) is 8.42 Å². The van der Waals surface area contributed by atoms with Gasteiger partial charge in [0.1, 0.15) is 0 Å². The molecule has 0 aromatic rings. The number of likely N-dealkylation sites (tertiary alicyclic amines) is 1. The third-order valence-corrected chi connectivity index (χ3v) is 2.75. The Morgan fingerprint density at radius 1 is 1.50 bits per heavy atom. The van der Waals surface area contributed by atoms with Crippen LogP contribution >= 0.6 is 0 Å². The Hall–Kier alpha value is -0.170. The number of sulfonamides is 1. The van der Waals surface area contributed by atoms with Crippen molar-refractivity contribution in [3.8, 4) is 0 Å². The summed E-state index contributed by atoms with van der Waals surface area (Å²) in [6.07, 6.45) is 0.949. The third-order valence-electron chi connectivity index (χ3n) is 2.00. The van der Waals surface area contributed by atoms with E-state index >= 15 is 0 Å². The van der Waals surface area contributed by atoms with E-state index in [0.717, 1.165) is 19.5 Å². The minimum atomic E-state index is -3.31. The zero-order valence-corrected chi connectivity index (χ0v) is 7.76. The van der Waals surface area contributed by atoms with Gasteiger partial charge in [0.05, 0.1) is 5.75 Å². The first-order valence-corrected chi connectivity index (χ1v) is 5.67. The van der Waals surface area contributed by atoms with Crippen molar-refractivity contribution in [3.63, 3.8) is 0 Å². The first-order chi connectivity index (χ1) is 5.47. The van der Waals surface area contributed by atoms with Crippen LogP contribution in [0.1, 0.15) is 6.42 Å². The van der Waals surface area contributed by atoms with Crippen molar-refractivity contribution >= 4 is 10.0 Å². The van der Waals surface area contributed by atoms with E-state index in [0.29, 0.717) is 6.54 Å². The number of rotatable bonds is 3. The summed E-state index contributed by atoms with van der Waals surface area (Å²) in [7, 11) is -3.31. The van der Waals surface area contributed by atoms with Crippen LogP contribution in [0.3, 0.4) is 0 Å². The van der Waals surface area contributed by atoms with Gasteiger partial charge in [0.15, 0.2) is 0 Å². The average Bonchev–Trinajstić information content (AvgIpc) is 2.30. The summed E-state index contributed by atoms with van der Waals surface area (Å²) in [6.45, 7) is 2.18. The van der Waals surface area contributed by atoms with Gasteiger partial charge in [0.25, 0.3) is 0 Å². The van der Waals surface area contributed by atoms with E-state index in [1.165, 1.54) is 0 Å². The smallest absolute Gasteiger partial charge is 0.210 e. The Morgan fingerprint density at radius 2 is 2.17 bits per heavy atom. The van der Waals surface area contributed by atoms with Crippen molar-refractivity contribution in [2.24, 2.45) is 10.9 Å². The van der Waals surface area contributed by atoms with Crippen molar-refractivity contribution < 1.29 is 8.42 Å². The first-order valence-electron chi connectivity index (χ1n) is 3.96. The molecule has 0 spiro atoms. The van der Waals surface area contributed by atoms with Crippen LogP contribution in [0, 0.1) is 0 Å². The van der Waals surface area contributed by atoms with E-state index in [1.807, 2.05) is 4.90 Å². The molecule has 1 fully saturated rings. The fourth-order valence-corrected chi connectivity index (χ4v) is 1.83. The zero-order chi connectivity index (χ0) is 9.19. The average molecular weight is 193 g/mol. The van der Waals surface area contributed by atoms with Gasteiger partial charge < -0.3 is 10.6 Å². The van der Waals surface area contributed by atoms with Crippen LogP contribution in [-0.4, -0.2) is 44.7 Å². The summed E-state index contributed by atoms with van der Waals surface area (Å²) >= 11 is 0. The van der Waals surface area contributed by atoms with Crippen LogP contribution in [0.4, 0.5) is 0 Å². The lowest BCUT2D eigenvalue weighted by Crippen LogP contribution is -2.32. The van der Waals surface area contributed by atoms with Crippen LogP contribution in [0.15, 0.2) is 0 Å². The molecule has 72 valence electrons. The molecular formula is C6H15N3O2S. The Labute approximate surface area is 72.8 Å². The van der Waals surface area contributed by atoms with Crippen molar-refractivity contribution in [1.29, 1.82) is 0 Å². The van der Waals surface area contributed by atoms with Gasteiger partial charge in [-0.15, -0.1) is 0 Å². The maximum Gasteiger partial charge on any atom is 0.210 e. The lowest BCUT2D eigenvalue weighted by atomic mass is 10.3. The van der Waals surface area contributed by atoms with Gasteiger partial charge in [0.2, 0.25) is 10.0 Å². The summed E-state index contributed by atoms with van der Waals surface area (Å²) in [5, 5.41) is 4.86. The lowest BCUT2D eigenvalue weighted by Gasteiger charge is -2.13. The summed E-state index contributed by atoms with van der Waals surface area (Å²) in [5.41, 5.74) is 5.64. The highest BCUT2D eigenvalue weighted by Crippen LogP contribution is 2.05. The highest BCUT2D eigenvalue weighted by molar-refractivity contribution is 7.89. The number of nitrogens with two attached hydrogens (primary N) is 2. The minimum absolute atomic E-state index is 0.0275. The maximum absolute atomic E-state index is 10.6. The SMILES string of the molecule is N[C@@H]1CCN(CCS(N)(=O)=O)C1. The molecule has 0 aromatic carbocycles. The highest BCUT2D eigenvalue weighted by Gasteiger charge is 2.19. The molecule has 1 rings (SSSR count). The molecule has 12 heavy (non-hydrogen) atoms. The van der Waals surface area contributed by atoms with Gasteiger partial charge in [-0.3, -0.25) is 0 Å². The minimum Gasteiger partial charge on any atom is -0.326 e. The molecule has 0 aromatic heterocycles. The lowest BCUT2D eigenvalue weighted by molar-refractivity contribution is 0.354. The second kappa shape index (κ2) is 3.69. The molecule has 1 saturated heterocycles. The molecule has 0 aliphatic carbocycles. The van der Waals surface area contributed by atoms with Gasteiger partial charge in [-0.25, -0.2) is 13.6 Å². The number of hydrogen-bond acceptors (Lipinski definition) is 4. The number of nitrogens with zero attached hydrogens (tertiary/aromatic N) is 1. The zero-order valence-electron chi connectivity index (χ0n) is 6.94. The van der Waals surface area contributed by atoms with Crippen molar-refractivity contribution in [1.82, 2.24) is 4.90 Å². The molecule has 5 nitrogen and oxygen atoms in total. The molecule has 0 radical (unpaired) electrons. The second-order valence-corrected chi connectivity index (χ2v) is 4.95. The Kier molecular flexibility index (Phi) is 3.05. The normalized spacial score (nSPS) is 26.3. The van der Waals surface area contributed by atoms with Crippen molar-refractivity contribution in [2.45, 2.75) is 12.5 Å². The molecule has 0 amide bonds. The van der Waals surface area contributed by atoms with E-state index in [2.05, 4.69) is 0 Å². The van der Waals surface area contributed by atoms with Gasteiger partial charge >= 0.3 is 0 Å². The van der Waals surface area contributed by atoms with Crippen LogP contribution in [-0.2, 0) is 10.0 Å². The van der Waals surface area contributed by atoms with E-state index in [4.69, 9.17) is 10.9 Å². The van der Waals surface area contributed by atoms with Crippen LogP contribution < -0.4 is 10.9 Å². The van der Waals surface area contributed by atoms with E-state index < -0.39 is 10.0 Å². The Morgan fingerprint density at radius 3 is 2.58 bits per heavy atom. The molecule has 1 heterocycles. The summed E-state index contributed by atoms with van der Waals surface area (Å²) in [4.78, 5) is 2.02. The maximum atomic E-state index is 10.6. The summed E-state index contributed by atoms with van der Waals surface area (Å²) < 4.78 is 21.2. The second-order valence-electron chi connectivity index (χ2n) is 3.22. The van der Waals surface area contributed by atoms with Crippen molar-refractivity contribution in [3.05, 3.63) is 0 Å². The molecule has 6 heteroatoms. The fourth-order valence-electron chi connectivity index (χ4n) is 1.32. The summed E-state index contributed by atoms with van der Waals surface area (Å²) in [6, 6.07) is 0.200. The van der Waals surface area contributed by atoms with Gasteiger partial charge in [-0.2, -0.15) is 0 Å². The number of hydrogen-bond donors (Lipinski definition) is 2. The third kappa shape index (κ3) is 3.48. The van der Waals surface area contributed by atoms with Gasteiger partial charge in [-0.05, 0) is 13.0 Å². The molecule has 1 atom stereocenters. The molecule has 0 unspecified atom stereocenters. The standard InChI is InChI=1S/C6H15N3O2S/c7-6-1-2-9(5-6)3-4-12(8,10)11/h6H,1-5,7H2,(H2,8,10,11)/t6-/m1/s1. The molecule has 1 aliphatic rings. The van der Waals surface area contributed by atoms with Gasteiger partial charge in [0, 0.05) is 19.1 Å². The van der Waals surface area contributed by atoms with Crippen molar-refractivity contribution in [2.75, 3.05) is 25.4 Å². The van der Waals surface area contributed by atoms with E-state index in [1.54, 1.807) is 0 Å². The topological polar surface area (TPSA) is 89.4 Å². The first kappa shape index (κ1) is 9.91. The van der Waals surface area contributed by atoms with Gasteiger partial charge in [-0.1, -0.05) is 0 Å². The Balaban J connectivity index is 2.25. The predicted octanol–water partition coefficient (Wildman–Crippen LogP) is -1.69. The van der Waals surface area contributed by atoms with Crippen LogP contribution in [0.5, 0.6) is 0 Å². The number of primary sulfonamides is 1. The molecule has 0 saturated carbocycles. The molecule has 1 aliphatic heterocycles. The van der Waals surface area contributed by atoms with E-state index in [-0.39, 0.29) is 11.8 Å². The highest BCUT2D eigenvalue weighted by atomic mass is 32.2. The Bertz CT molecular complexity index is 239. The fraction of sp³-hybridized carbons (Fsp3) is 1.00. The molecule has 0 bridgehead atoms. The molecular weight excluding hydrogens is 178 g/mol.